The molecule has 0 amide bonds. The predicted molar refractivity (Wildman–Crippen MR) is 85.1 cm³/mol. The van der Waals surface area contributed by atoms with Crippen molar-refractivity contribution in [1.82, 2.24) is 14.9 Å². The summed E-state index contributed by atoms with van der Waals surface area (Å²) in [6.07, 6.45) is 3.59. The van der Waals surface area contributed by atoms with E-state index in [1.54, 1.807) is 12.4 Å². The van der Waals surface area contributed by atoms with E-state index in [-0.39, 0.29) is 0 Å². The Kier molecular flexibility index (Phi) is 4.01. The van der Waals surface area contributed by atoms with E-state index >= 15 is 0 Å². The van der Waals surface area contributed by atoms with Crippen molar-refractivity contribution in [3.63, 3.8) is 0 Å². The number of nitrogens with zero attached hydrogens (tertiary/aromatic N) is 4. The molecule has 1 aliphatic rings. The third kappa shape index (κ3) is 3.31. The van der Waals surface area contributed by atoms with E-state index in [1.807, 2.05) is 12.1 Å². The van der Waals surface area contributed by atoms with E-state index < -0.39 is 0 Å². The van der Waals surface area contributed by atoms with Crippen molar-refractivity contribution in [2.45, 2.75) is 13.5 Å². The second-order valence-electron chi connectivity index (χ2n) is 5.51. The number of piperazine rings is 1. The number of hydrogen-bond donors (Lipinski definition) is 1. The van der Waals surface area contributed by atoms with Gasteiger partial charge in [0.25, 0.3) is 0 Å². The van der Waals surface area contributed by atoms with Crippen LogP contribution in [0.1, 0.15) is 11.1 Å². The number of nitrogens with two attached hydrogens (primary N) is 1. The lowest BCUT2D eigenvalue weighted by molar-refractivity contribution is 0.249. The van der Waals surface area contributed by atoms with Crippen LogP contribution in [0.3, 0.4) is 0 Å². The molecule has 0 aliphatic carbocycles. The average Bonchev–Trinajstić information content (AvgIpc) is 2.53. The maximum atomic E-state index is 6.07. The number of aromatic nitrogens is 2. The number of aryl methyl sites for hydroxylation is 1. The number of anilines is 2. The molecule has 21 heavy (non-hydrogen) atoms. The molecule has 2 N–H and O–H groups in total. The van der Waals surface area contributed by atoms with Crippen molar-refractivity contribution >= 4 is 11.6 Å². The molecule has 0 spiro atoms. The Bertz CT molecular complexity index is 591. The molecular formula is C16H21N5. The Balaban J connectivity index is 1.60. The van der Waals surface area contributed by atoms with E-state index in [0.29, 0.717) is 0 Å². The van der Waals surface area contributed by atoms with Gasteiger partial charge in [0.15, 0.2) is 0 Å². The summed E-state index contributed by atoms with van der Waals surface area (Å²) in [5, 5.41) is 0. The second kappa shape index (κ2) is 6.10. The molecule has 110 valence electrons. The highest BCUT2D eigenvalue weighted by Crippen LogP contribution is 2.18. The van der Waals surface area contributed by atoms with Gasteiger partial charge in [-0.2, -0.15) is 0 Å². The van der Waals surface area contributed by atoms with Gasteiger partial charge in [-0.25, -0.2) is 9.97 Å². The van der Waals surface area contributed by atoms with Gasteiger partial charge in [-0.15, -0.1) is 0 Å². The third-order valence-corrected chi connectivity index (χ3v) is 3.90. The van der Waals surface area contributed by atoms with Gasteiger partial charge in [0.05, 0.1) is 0 Å². The molecule has 2 heterocycles. The SMILES string of the molecule is Cc1ccc(N)c(CN2CCN(c3ncccn3)CC2)c1. The van der Waals surface area contributed by atoms with Crippen molar-refractivity contribution in [3.8, 4) is 0 Å². The molecule has 0 radical (unpaired) electrons. The molecule has 0 unspecified atom stereocenters. The van der Waals surface area contributed by atoms with Gasteiger partial charge in [0, 0.05) is 50.8 Å². The predicted octanol–water partition coefficient (Wildman–Crippen LogP) is 1.69. The zero-order valence-corrected chi connectivity index (χ0v) is 12.4. The van der Waals surface area contributed by atoms with E-state index in [1.165, 1.54) is 11.1 Å². The molecule has 1 saturated heterocycles. The lowest BCUT2D eigenvalue weighted by Crippen LogP contribution is -2.46. The Labute approximate surface area is 125 Å². The lowest BCUT2D eigenvalue weighted by Gasteiger charge is -2.34. The molecule has 1 fully saturated rings. The molecule has 5 heteroatoms. The summed E-state index contributed by atoms with van der Waals surface area (Å²) in [6.45, 7) is 6.94. The summed E-state index contributed by atoms with van der Waals surface area (Å²) >= 11 is 0. The van der Waals surface area contributed by atoms with Gasteiger partial charge >= 0.3 is 0 Å². The van der Waals surface area contributed by atoms with Crippen LogP contribution in [0.25, 0.3) is 0 Å². The molecule has 0 saturated carbocycles. The fraction of sp³-hybridized carbons (Fsp3) is 0.375. The van der Waals surface area contributed by atoms with Crippen LogP contribution in [0.5, 0.6) is 0 Å². The first kappa shape index (κ1) is 13.8. The number of nitrogen functional groups attached to an aromatic ring is 1. The van der Waals surface area contributed by atoms with Crippen LogP contribution in [-0.4, -0.2) is 41.0 Å². The van der Waals surface area contributed by atoms with E-state index in [0.717, 1.165) is 44.4 Å². The van der Waals surface area contributed by atoms with Gasteiger partial charge in [0.1, 0.15) is 0 Å². The summed E-state index contributed by atoms with van der Waals surface area (Å²) < 4.78 is 0. The van der Waals surface area contributed by atoms with Gasteiger partial charge < -0.3 is 10.6 Å². The van der Waals surface area contributed by atoms with E-state index in [4.69, 9.17) is 5.73 Å². The first-order valence-corrected chi connectivity index (χ1v) is 7.32. The van der Waals surface area contributed by atoms with Gasteiger partial charge in [0.2, 0.25) is 5.95 Å². The van der Waals surface area contributed by atoms with Crippen LogP contribution in [0, 0.1) is 6.92 Å². The van der Waals surface area contributed by atoms with Crippen LogP contribution in [0.4, 0.5) is 11.6 Å². The quantitative estimate of drug-likeness (QED) is 0.869. The van der Waals surface area contributed by atoms with Crippen molar-refractivity contribution in [2.75, 3.05) is 36.8 Å². The largest absolute Gasteiger partial charge is 0.398 e. The molecule has 0 bridgehead atoms. The molecule has 2 aromatic rings. The fourth-order valence-electron chi connectivity index (χ4n) is 2.67. The Hall–Kier alpha value is -2.14. The summed E-state index contributed by atoms with van der Waals surface area (Å²) in [4.78, 5) is 13.3. The van der Waals surface area contributed by atoms with Crippen molar-refractivity contribution < 1.29 is 0 Å². The lowest BCUT2D eigenvalue weighted by atomic mass is 10.1. The smallest absolute Gasteiger partial charge is 0.225 e. The Morgan fingerprint density at radius 2 is 1.81 bits per heavy atom. The first-order chi connectivity index (χ1) is 10.2. The number of hydrogen-bond acceptors (Lipinski definition) is 5. The maximum absolute atomic E-state index is 6.07. The molecule has 1 aliphatic heterocycles. The summed E-state index contributed by atoms with van der Waals surface area (Å²) in [6, 6.07) is 8.09. The zero-order chi connectivity index (χ0) is 14.7. The first-order valence-electron chi connectivity index (χ1n) is 7.32. The minimum Gasteiger partial charge on any atom is -0.398 e. The third-order valence-electron chi connectivity index (χ3n) is 3.90. The molecule has 0 atom stereocenters. The van der Waals surface area contributed by atoms with Crippen LogP contribution in [0.2, 0.25) is 0 Å². The molecule has 3 rings (SSSR count). The van der Waals surface area contributed by atoms with Gasteiger partial charge in [-0.05, 0) is 24.6 Å². The van der Waals surface area contributed by atoms with Crippen LogP contribution in [-0.2, 0) is 6.54 Å². The fourth-order valence-corrected chi connectivity index (χ4v) is 2.67. The van der Waals surface area contributed by atoms with Gasteiger partial charge in [-0.1, -0.05) is 17.7 Å². The van der Waals surface area contributed by atoms with Crippen molar-refractivity contribution in [2.24, 2.45) is 0 Å². The van der Waals surface area contributed by atoms with E-state index in [2.05, 4.69) is 38.8 Å². The monoisotopic (exact) mass is 283 g/mol. The summed E-state index contributed by atoms with van der Waals surface area (Å²) in [7, 11) is 0. The highest BCUT2D eigenvalue weighted by atomic mass is 15.3. The normalized spacial score (nSPS) is 16.1. The standard InChI is InChI=1S/C16H21N5/c1-13-3-4-15(17)14(11-13)12-20-7-9-21(10-8-20)16-18-5-2-6-19-16/h2-6,11H,7-10,12,17H2,1H3. The van der Waals surface area contributed by atoms with Gasteiger partial charge in [-0.3, -0.25) is 4.90 Å². The zero-order valence-electron chi connectivity index (χ0n) is 12.4. The highest BCUT2D eigenvalue weighted by Gasteiger charge is 2.19. The van der Waals surface area contributed by atoms with E-state index in [9.17, 15) is 0 Å². The molecular weight excluding hydrogens is 262 g/mol. The van der Waals surface area contributed by atoms with Crippen LogP contribution in [0.15, 0.2) is 36.7 Å². The second-order valence-corrected chi connectivity index (χ2v) is 5.51. The van der Waals surface area contributed by atoms with Crippen molar-refractivity contribution in [3.05, 3.63) is 47.8 Å². The average molecular weight is 283 g/mol. The number of rotatable bonds is 3. The topological polar surface area (TPSA) is 58.3 Å². The number of benzene rings is 1. The van der Waals surface area contributed by atoms with Crippen LogP contribution < -0.4 is 10.6 Å². The minimum absolute atomic E-state index is 0.826. The Morgan fingerprint density at radius 3 is 2.52 bits per heavy atom. The summed E-state index contributed by atoms with van der Waals surface area (Å²) in [5.74, 6) is 0.826. The van der Waals surface area contributed by atoms with Crippen LogP contribution >= 0.6 is 0 Å². The summed E-state index contributed by atoms with van der Waals surface area (Å²) in [5.41, 5.74) is 9.43. The minimum atomic E-state index is 0.826. The maximum Gasteiger partial charge on any atom is 0.225 e. The molecule has 5 nitrogen and oxygen atoms in total. The molecule has 1 aromatic heterocycles. The molecule has 1 aromatic carbocycles. The Morgan fingerprint density at radius 1 is 1.10 bits per heavy atom. The highest BCUT2D eigenvalue weighted by molar-refractivity contribution is 5.48. The van der Waals surface area contributed by atoms with Crippen molar-refractivity contribution in [1.29, 1.82) is 0 Å².